The molecule has 0 radical (unpaired) electrons. The fraction of sp³-hybridized carbons (Fsp3) is 0.364. The van der Waals surface area contributed by atoms with Gasteiger partial charge < -0.3 is 15.0 Å². The minimum atomic E-state index is -0.460. The van der Waals surface area contributed by atoms with Gasteiger partial charge in [-0.3, -0.25) is 4.90 Å². The van der Waals surface area contributed by atoms with E-state index in [-0.39, 0.29) is 6.45 Å². The van der Waals surface area contributed by atoms with Crippen molar-refractivity contribution in [1.82, 2.24) is 19.7 Å². The molecule has 0 spiro atoms. The molecule has 0 unspecified atom stereocenters. The van der Waals surface area contributed by atoms with Crippen LogP contribution in [0.5, 0.6) is 0 Å². The lowest BCUT2D eigenvalue weighted by Crippen LogP contribution is -2.56. The van der Waals surface area contributed by atoms with E-state index in [0.717, 1.165) is 45.1 Å². The van der Waals surface area contributed by atoms with Gasteiger partial charge in [-0.1, -0.05) is 11.6 Å². The second-order valence-electron chi connectivity index (χ2n) is 8.01. The second-order valence-corrected chi connectivity index (χ2v) is 8.41. The summed E-state index contributed by atoms with van der Waals surface area (Å²) in [5.74, 6) is 0.00447. The van der Waals surface area contributed by atoms with Gasteiger partial charge in [0.1, 0.15) is 12.1 Å². The molecule has 2 saturated heterocycles. The first-order chi connectivity index (χ1) is 15.0. The van der Waals surface area contributed by atoms with Gasteiger partial charge in [-0.2, -0.15) is 4.98 Å². The number of ether oxygens (including phenoxy) is 1. The van der Waals surface area contributed by atoms with Gasteiger partial charge in [-0.15, -0.1) is 5.10 Å². The summed E-state index contributed by atoms with van der Waals surface area (Å²) in [6.45, 7) is 7.91. The molecule has 2 aromatic carbocycles. The summed E-state index contributed by atoms with van der Waals surface area (Å²) in [4.78, 5) is 9.27. The lowest BCUT2D eigenvalue weighted by Gasteiger charge is -2.43. The molecule has 0 amide bonds. The lowest BCUT2D eigenvalue weighted by molar-refractivity contribution is -0.0660. The van der Waals surface area contributed by atoms with Gasteiger partial charge in [0.2, 0.25) is 5.95 Å². The number of piperazine rings is 1. The standard InChI is InChI=1S/C22H24ClFN6O.H2/c1-15-8-16(10-18(9-15)28-4-6-29(7-5-28)19-12-31-13-19)26-22-25-14-30(27-22)17-2-3-21(24)20(23)11-17;/h2-3,8-11,14,19H,4-7,12-13H2,1H3,(H,26,27);1H. The molecule has 5 rings (SSSR count). The van der Waals surface area contributed by atoms with Crippen LogP contribution < -0.4 is 10.2 Å². The highest BCUT2D eigenvalue weighted by molar-refractivity contribution is 6.30. The number of aromatic nitrogens is 3. The van der Waals surface area contributed by atoms with Gasteiger partial charge >= 0.3 is 0 Å². The number of hydrogen-bond donors (Lipinski definition) is 1. The smallest absolute Gasteiger partial charge is 0.246 e. The van der Waals surface area contributed by atoms with Crippen LogP contribution in [0.15, 0.2) is 42.7 Å². The van der Waals surface area contributed by atoms with E-state index in [1.54, 1.807) is 17.1 Å². The summed E-state index contributed by atoms with van der Waals surface area (Å²) in [6.07, 6.45) is 1.58. The highest BCUT2D eigenvalue weighted by Crippen LogP contribution is 2.26. The monoisotopic (exact) mass is 444 g/mol. The fourth-order valence-corrected chi connectivity index (χ4v) is 4.17. The Balaban J connectivity index is 0.00000245. The quantitative estimate of drug-likeness (QED) is 0.644. The Hall–Kier alpha value is -2.68. The number of hydrogen-bond acceptors (Lipinski definition) is 6. The minimum absolute atomic E-state index is 0. The first-order valence-electron chi connectivity index (χ1n) is 10.4. The fourth-order valence-electron chi connectivity index (χ4n) is 4.00. The van der Waals surface area contributed by atoms with Crippen LogP contribution >= 0.6 is 11.6 Å². The van der Waals surface area contributed by atoms with E-state index < -0.39 is 5.82 Å². The predicted molar refractivity (Wildman–Crippen MR) is 121 cm³/mol. The zero-order valence-corrected chi connectivity index (χ0v) is 18.0. The molecule has 164 valence electrons. The Labute approximate surface area is 186 Å². The van der Waals surface area contributed by atoms with Crippen molar-refractivity contribution < 1.29 is 10.6 Å². The molecule has 9 heteroatoms. The molecule has 1 aromatic heterocycles. The predicted octanol–water partition coefficient (Wildman–Crippen LogP) is 3.88. The van der Waals surface area contributed by atoms with Gasteiger partial charge in [0.25, 0.3) is 0 Å². The first kappa shape index (κ1) is 20.2. The summed E-state index contributed by atoms with van der Waals surface area (Å²) in [5, 5.41) is 7.78. The van der Waals surface area contributed by atoms with Crippen molar-refractivity contribution in [3.63, 3.8) is 0 Å². The van der Waals surface area contributed by atoms with Gasteiger partial charge in [0.15, 0.2) is 0 Å². The third-order valence-corrected chi connectivity index (χ3v) is 6.08. The third kappa shape index (κ3) is 4.37. The molecular formula is C22H26ClFN6O. The second kappa shape index (κ2) is 8.45. The van der Waals surface area contributed by atoms with Crippen LogP contribution in [0.3, 0.4) is 0 Å². The highest BCUT2D eigenvalue weighted by Gasteiger charge is 2.29. The lowest BCUT2D eigenvalue weighted by atomic mass is 10.1. The maximum atomic E-state index is 13.4. The Morgan fingerprint density at radius 3 is 2.61 bits per heavy atom. The zero-order chi connectivity index (χ0) is 21.4. The number of benzene rings is 2. The minimum Gasteiger partial charge on any atom is -0.378 e. The van der Waals surface area contributed by atoms with Gasteiger partial charge in [-0.05, 0) is 48.9 Å². The van der Waals surface area contributed by atoms with Crippen LogP contribution in [-0.4, -0.2) is 65.1 Å². The summed E-state index contributed by atoms with van der Waals surface area (Å²) in [5.41, 5.74) is 3.93. The van der Waals surface area contributed by atoms with Gasteiger partial charge in [0.05, 0.1) is 30.0 Å². The number of nitrogens with one attached hydrogen (secondary N) is 1. The number of halogens is 2. The van der Waals surface area contributed by atoms with Crippen molar-refractivity contribution >= 4 is 28.9 Å². The molecule has 0 saturated carbocycles. The molecule has 3 heterocycles. The molecule has 3 aromatic rings. The van der Waals surface area contributed by atoms with Crippen LogP contribution in [-0.2, 0) is 4.74 Å². The van der Waals surface area contributed by atoms with Gasteiger partial charge in [0, 0.05) is 39.0 Å². The number of anilines is 3. The highest BCUT2D eigenvalue weighted by atomic mass is 35.5. The van der Waals surface area contributed by atoms with Crippen molar-refractivity contribution in [3.05, 3.63) is 59.1 Å². The molecule has 0 bridgehead atoms. The Morgan fingerprint density at radius 2 is 1.90 bits per heavy atom. The van der Waals surface area contributed by atoms with Crippen LogP contribution in [0.4, 0.5) is 21.7 Å². The number of nitrogens with zero attached hydrogens (tertiary/aromatic N) is 5. The van der Waals surface area contributed by atoms with Crippen LogP contribution in [0, 0.1) is 12.7 Å². The first-order valence-corrected chi connectivity index (χ1v) is 10.8. The topological polar surface area (TPSA) is 58.5 Å². The van der Waals surface area contributed by atoms with Crippen molar-refractivity contribution in [3.8, 4) is 5.69 Å². The molecule has 2 fully saturated rings. The molecule has 31 heavy (non-hydrogen) atoms. The Bertz CT molecular complexity index is 1080. The summed E-state index contributed by atoms with van der Waals surface area (Å²) < 4.78 is 20.3. The third-order valence-electron chi connectivity index (χ3n) is 5.79. The average Bonchev–Trinajstić information content (AvgIpc) is 3.17. The van der Waals surface area contributed by atoms with Crippen LogP contribution in [0.2, 0.25) is 5.02 Å². The molecule has 2 aliphatic heterocycles. The van der Waals surface area contributed by atoms with E-state index in [1.807, 2.05) is 0 Å². The number of aryl methyl sites for hydroxylation is 1. The van der Waals surface area contributed by atoms with Crippen LogP contribution in [0.25, 0.3) is 5.69 Å². The number of rotatable bonds is 5. The summed E-state index contributed by atoms with van der Waals surface area (Å²) in [7, 11) is 0. The molecule has 0 aliphatic carbocycles. The normalized spacial score (nSPS) is 17.6. The van der Waals surface area contributed by atoms with Crippen molar-refractivity contribution in [2.75, 3.05) is 49.6 Å². The van der Waals surface area contributed by atoms with E-state index in [9.17, 15) is 4.39 Å². The SMILES string of the molecule is Cc1cc(Nc2ncn(-c3ccc(F)c(Cl)c3)n2)cc(N2CCN(C3COC3)CC2)c1.[HH]. The molecule has 2 aliphatic rings. The molecule has 0 atom stereocenters. The van der Waals surface area contributed by atoms with E-state index in [0.29, 0.717) is 17.7 Å². The summed E-state index contributed by atoms with van der Waals surface area (Å²) in [6, 6.07) is 11.5. The Morgan fingerprint density at radius 1 is 1.10 bits per heavy atom. The van der Waals surface area contributed by atoms with Crippen molar-refractivity contribution in [2.24, 2.45) is 0 Å². The Kier molecular flexibility index (Phi) is 5.52. The van der Waals surface area contributed by atoms with Crippen molar-refractivity contribution in [1.29, 1.82) is 0 Å². The largest absolute Gasteiger partial charge is 0.378 e. The van der Waals surface area contributed by atoms with E-state index in [1.165, 1.54) is 23.4 Å². The van der Waals surface area contributed by atoms with E-state index in [2.05, 4.69) is 50.3 Å². The van der Waals surface area contributed by atoms with Gasteiger partial charge in [-0.25, -0.2) is 9.07 Å². The van der Waals surface area contributed by atoms with E-state index in [4.69, 9.17) is 16.3 Å². The average molecular weight is 445 g/mol. The maximum absolute atomic E-state index is 13.4. The summed E-state index contributed by atoms with van der Waals surface area (Å²) >= 11 is 5.88. The molecular weight excluding hydrogens is 419 g/mol. The van der Waals surface area contributed by atoms with Crippen LogP contribution in [0.1, 0.15) is 6.99 Å². The molecule has 1 N–H and O–H groups in total. The zero-order valence-electron chi connectivity index (χ0n) is 17.3. The van der Waals surface area contributed by atoms with Crippen molar-refractivity contribution in [2.45, 2.75) is 13.0 Å². The maximum Gasteiger partial charge on any atom is 0.246 e. The molecule has 7 nitrogen and oxygen atoms in total. The van der Waals surface area contributed by atoms with E-state index >= 15 is 0 Å².